The molecular formula is C28H33N3O4. The quantitative estimate of drug-likeness (QED) is 0.522. The van der Waals surface area contributed by atoms with Gasteiger partial charge in [-0.05, 0) is 55.7 Å². The van der Waals surface area contributed by atoms with Gasteiger partial charge in [-0.2, -0.15) is 0 Å². The number of amides is 2. The Balaban J connectivity index is 1.24. The molecule has 0 spiro atoms. The number of ether oxygens (including phenoxy) is 1. The van der Waals surface area contributed by atoms with Gasteiger partial charge in [-0.1, -0.05) is 42.8 Å². The van der Waals surface area contributed by atoms with Gasteiger partial charge in [-0.3, -0.25) is 14.5 Å². The summed E-state index contributed by atoms with van der Waals surface area (Å²) in [5.74, 6) is 1.55. The molecule has 1 N–H and O–H groups in total. The molecule has 0 atom stereocenters. The van der Waals surface area contributed by atoms with E-state index >= 15 is 0 Å². The molecule has 0 bridgehead atoms. The summed E-state index contributed by atoms with van der Waals surface area (Å²) >= 11 is 0. The highest BCUT2D eigenvalue weighted by Gasteiger charge is 2.25. The maximum Gasteiger partial charge on any atom is 0.289 e. The van der Waals surface area contributed by atoms with Crippen LogP contribution in [0.4, 0.5) is 5.69 Å². The summed E-state index contributed by atoms with van der Waals surface area (Å²) in [5, 5.41) is 3.01. The first kappa shape index (κ1) is 24.5. The first-order chi connectivity index (χ1) is 16.9. The van der Waals surface area contributed by atoms with Crippen LogP contribution in [0, 0.1) is 13.8 Å². The molecular weight excluding hydrogens is 442 g/mol. The third-order valence-corrected chi connectivity index (χ3v) is 6.27. The highest BCUT2D eigenvalue weighted by atomic mass is 16.5. The maximum absolute atomic E-state index is 12.9. The van der Waals surface area contributed by atoms with Crippen molar-refractivity contribution in [3.8, 4) is 5.75 Å². The zero-order valence-corrected chi connectivity index (χ0v) is 20.7. The fourth-order valence-electron chi connectivity index (χ4n) is 4.29. The average Bonchev–Trinajstić information content (AvgIpc) is 3.33. The molecule has 2 heterocycles. The van der Waals surface area contributed by atoms with Crippen LogP contribution >= 0.6 is 0 Å². The fourth-order valence-corrected chi connectivity index (χ4v) is 4.29. The van der Waals surface area contributed by atoms with Crippen molar-refractivity contribution in [2.24, 2.45) is 0 Å². The van der Waals surface area contributed by atoms with Crippen LogP contribution in [0.15, 0.2) is 59.0 Å². The Morgan fingerprint density at radius 2 is 1.77 bits per heavy atom. The van der Waals surface area contributed by atoms with Crippen molar-refractivity contribution >= 4 is 17.5 Å². The minimum atomic E-state index is -0.135. The number of furan rings is 1. The fraction of sp³-hybridized carbons (Fsp3) is 0.357. The summed E-state index contributed by atoms with van der Waals surface area (Å²) in [7, 11) is 0. The second-order valence-electron chi connectivity index (χ2n) is 8.95. The summed E-state index contributed by atoms with van der Waals surface area (Å²) < 4.78 is 11.6. The Morgan fingerprint density at radius 3 is 2.51 bits per heavy atom. The van der Waals surface area contributed by atoms with Crippen LogP contribution in [0.3, 0.4) is 0 Å². The molecule has 2 aromatic carbocycles. The van der Waals surface area contributed by atoms with E-state index in [9.17, 15) is 9.59 Å². The monoisotopic (exact) mass is 475 g/mol. The number of piperazine rings is 1. The normalized spacial score (nSPS) is 14.1. The summed E-state index contributed by atoms with van der Waals surface area (Å²) in [4.78, 5) is 29.3. The van der Waals surface area contributed by atoms with Gasteiger partial charge in [0.1, 0.15) is 18.1 Å². The van der Waals surface area contributed by atoms with Crippen molar-refractivity contribution in [3.05, 3.63) is 82.8 Å². The molecule has 1 aromatic heterocycles. The molecule has 7 heteroatoms. The smallest absolute Gasteiger partial charge is 0.289 e. The number of carbonyl (C=O) groups excluding carboxylic acids is 2. The second-order valence-corrected chi connectivity index (χ2v) is 8.95. The number of benzene rings is 2. The SMILES string of the molecule is CCc1ccccc1NC(=O)CN1CCN(C(=O)c2ccc(COc3ccc(C)cc3C)o2)CC1. The number of para-hydroxylation sites is 1. The summed E-state index contributed by atoms with van der Waals surface area (Å²) in [6.07, 6.45) is 0.865. The lowest BCUT2D eigenvalue weighted by atomic mass is 10.1. The van der Waals surface area contributed by atoms with Crippen molar-refractivity contribution in [1.82, 2.24) is 9.80 Å². The summed E-state index contributed by atoms with van der Waals surface area (Å²) in [6.45, 7) is 9.06. The Bertz CT molecular complexity index is 1180. The third kappa shape index (κ3) is 6.31. The van der Waals surface area contributed by atoms with Gasteiger partial charge in [0.25, 0.3) is 5.91 Å². The van der Waals surface area contributed by atoms with Crippen LogP contribution in [0.2, 0.25) is 0 Å². The van der Waals surface area contributed by atoms with Gasteiger partial charge in [0.15, 0.2) is 5.76 Å². The minimum Gasteiger partial charge on any atom is -0.485 e. The van der Waals surface area contributed by atoms with Gasteiger partial charge < -0.3 is 19.4 Å². The lowest BCUT2D eigenvalue weighted by Gasteiger charge is -2.33. The number of nitrogens with one attached hydrogen (secondary N) is 1. The molecule has 1 aliphatic rings. The van der Waals surface area contributed by atoms with E-state index in [1.807, 2.05) is 50.2 Å². The minimum absolute atomic E-state index is 0.0369. The number of nitrogens with zero attached hydrogens (tertiary/aromatic N) is 2. The van der Waals surface area contributed by atoms with Crippen molar-refractivity contribution in [1.29, 1.82) is 0 Å². The highest BCUT2D eigenvalue weighted by Crippen LogP contribution is 2.21. The zero-order chi connectivity index (χ0) is 24.8. The Kier molecular flexibility index (Phi) is 7.87. The number of rotatable bonds is 8. The van der Waals surface area contributed by atoms with Crippen molar-refractivity contribution < 1.29 is 18.7 Å². The standard InChI is InChI=1S/C28H33N3O4/c1-4-22-7-5-6-8-24(22)29-27(32)18-30-13-15-31(16-14-30)28(33)26-12-10-23(35-26)19-34-25-11-9-20(2)17-21(25)3/h5-12,17H,4,13-16,18-19H2,1-3H3,(H,29,32). The maximum atomic E-state index is 12.9. The number of hydrogen-bond acceptors (Lipinski definition) is 5. The molecule has 184 valence electrons. The molecule has 35 heavy (non-hydrogen) atoms. The molecule has 0 aliphatic carbocycles. The summed E-state index contributed by atoms with van der Waals surface area (Å²) in [6, 6.07) is 17.4. The molecule has 2 amide bonds. The number of carbonyl (C=O) groups is 2. The zero-order valence-electron chi connectivity index (χ0n) is 20.7. The van der Waals surface area contributed by atoms with Crippen LogP contribution in [-0.2, 0) is 17.8 Å². The summed E-state index contributed by atoms with van der Waals surface area (Å²) in [5.41, 5.74) is 4.23. The van der Waals surface area contributed by atoms with E-state index in [2.05, 4.69) is 23.2 Å². The lowest BCUT2D eigenvalue weighted by molar-refractivity contribution is -0.117. The van der Waals surface area contributed by atoms with E-state index < -0.39 is 0 Å². The number of aryl methyl sites for hydroxylation is 3. The van der Waals surface area contributed by atoms with Crippen LogP contribution in [-0.4, -0.2) is 54.3 Å². The molecule has 4 rings (SSSR count). The van der Waals surface area contributed by atoms with E-state index in [-0.39, 0.29) is 18.4 Å². The van der Waals surface area contributed by atoms with Gasteiger partial charge >= 0.3 is 0 Å². The van der Waals surface area contributed by atoms with Crippen molar-refractivity contribution in [3.63, 3.8) is 0 Å². The molecule has 0 saturated carbocycles. The van der Waals surface area contributed by atoms with E-state index in [1.165, 1.54) is 5.56 Å². The van der Waals surface area contributed by atoms with E-state index in [0.717, 1.165) is 29.0 Å². The molecule has 3 aromatic rings. The third-order valence-electron chi connectivity index (χ3n) is 6.27. The van der Waals surface area contributed by atoms with E-state index in [1.54, 1.807) is 17.0 Å². The van der Waals surface area contributed by atoms with Crippen LogP contribution < -0.4 is 10.1 Å². The predicted molar refractivity (Wildman–Crippen MR) is 136 cm³/mol. The van der Waals surface area contributed by atoms with Gasteiger partial charge in [-0.15, -0.1) is 0 Å². The first-order valence-corrected chi connectivity index (χ1v) is 12.1. The number of hydrogen-bond donors (Lipinski definition) is 1. The van der Waals surface area contributed by atoms with E-state index in [4.69, 9.17) is 9.15 Å². The van der Waals surface area contributed by atoms with Crippen LogP contribution in [0.1, 0.15) is 39.9 Å². The largest absolute Gasteiger partial charge is 0.485 e. The predicted octanol–water partition coefficient (Wildman–Crippen LogP) is 4.43. The Labute approximate surface area is 206 Å². The van der Waals surface area contributed by atoms with Crippen molar-refractivity contribution in [2.75, 3.05) is 38.0 Å². The average molecular weight is 476 g/mol. The Morgan fingerprint density at radius 1 is 1.00 bits per heavy atom. The second kappa shape index (κ2) is 11.2. The molecule has 0 unspecified atom stereocenters. The molecule has 7 nitrogen and oxygen atoms in total. The van der Waals surface area contributed by atoms with Gasteiger partial charge in [0, 0.05) is 31.9 Å². The lowest BCUT2D eigenvalue weighted by Crippen LogP contribution is -2.50. The van der Waals surface area contributed by atoms with Crippen LogP contribution in [0.25, 0.3) is 0 Å². The van der Waals surface area contributed by atoms with Crippen molar-refractivity contribution in [2.45, 2.75) is 33.8 Å². The van der Waals surface area contributed by atoms with Gasteiger partial charge in [0.05, 0.1) is 6.54 Å². The van der Waals surface area contributed by atoms with Gasteiger partial charge in [0.2, 0.25) is 5.91 Å². The molecule has 0 radical (unpaired) electrons. The highest BCUT2D eigenvalue weighted by molar-refractivity contribution is 5.93. The molecule has 1 aliphatic heterocycles. The molecule has 1 fully saturated rings. The van der Waals surface area contributed by atoms with Crippen LogP contribution in [0.5, 0.6) is 5.75 Å². The Hall–Kier alpha value is -3.58. The first-order valence-electron chi connectivity index (χ1n) is 12.1. The van der Waals surface area contributed by atoms with E-state index in [0.29, 0.717) is 44.2 Å². The molecule has 1 saturated heterocycles. The van der Waals surface area contributed by atoms with Gasteiger partial charge in [-0.25, -0.2) is 0 Å². The number of anilines is 1. The topological polar surface area (TPSA) is 75.0 Å².